The molecule has 2 amide bonds. The molecule has 0 spiro atoms. The minimum Gasteiger partial charge on any atom is -0.322 e. The fourth-order valence-corrected chi connectivity index (χ4v) is 7.29. The summed E-state index contributed by atoms with van der Waals surface area (Å²) in [6.07, 6.45) is 0.751. The summed E-state index contributed by atoms with van der Waals surface area (Å²) < 4.78 is 0. The van der Waals surface area contributed by atoms with Crippen LogP contribution in [-0.2, 0) is 4.79 Å². The van der Waals surface area contributed by atoms with Gasteiger partial charge in [-0.05, 0) is 72.0 Å². The van der Waals surface area contributed by atoms with Gasteiger partial charge in [0.05, 0.1) is 11.1 Å². The van der Waals surface area contributed by atoms with E-state index >= 15 is 0 Å². The van der Waals surface area contributed by atoms with Crippen molar-refractivity contribution in [3.05, 3.63) is 135 Å². The first-order valence-corrected chi connectivity index (χ1v) is 14.8. The molecule has 0 saturated carbocycles. The molecule has 1 heterocycles. The highest BCUT2D eigenvalue weighted by Crippen LogP contribution is 2.61. The smallest absolute Gasteiger partial charge is 0.255 e. The highest BCUT2D eigenvalue weighted by atomic mass is 35.5. The quantitative estimate of drug-likeness (QED) is 0.221. The number of carbonyl (C=O) groups excluding carboxylic acids is 2. The van der Waals surface area contributed by atoms with Gasteiger partial charge in [0.1, 0.15) is 0 Å². The Balaban J connectivity index is 1.12. The molecule has 8 rings (SSSR count). The van der Waals surface area contributed by atoms with Gasteiger partial charge in [0, 0.05) is 39.1 Å². The predicted octanol–water partition coefficient (Wildman–Crippen LogP) is 8.34. The second-order valence-electron chi connectivity index (χ2n) is 10.9. The zero-order valence-corrected chi connectivity index (χ0v) is 23.8. The van der Waals surface area contributed by atoms with Gasteiger partial charge in [-0.1, -0.05) is 72.3 Å². The molecular formula is C34H26ClN3O2S. The molecule has 2 N–H and O–H groups in total. The molecule has 5 aromatic rings. The van der Waals surface area contributed by atoms with E-state index in [1.54, 1.807) is 36.4 Å². The van der Waals surface area contributed by atoms with Gasteiger partial charge in [-0.25, -0.2) is 4.98 Å². The summed E-state index contributed by atoms with van der Waals surface area (Å²) in [4.78, 5) is 31.6. The zero-order valence-electron chi connectivity index (χ0n) is 22.2. The topological polar surface area (TPSA) is 71.1 Å². The van der Waals surface area contributed by atoms with E-state index in [0.29, 0.717) is 27.1 Å². The van der Waals surface area contributed by atoms with Crippen molar-refractivity contribution in [2.75, 3.05) is 10.6 Å². The van der Waals surface area contributed by atoms with Gasteiger partial charge in [0.25, 0.3) is 5.91 Å². The molecule has 1 atom stereocenters. The Kier molecular flexibility index (Phi) is 6.25. The Morgan fingerprint density at radius 1 is 0.854 bits per heavy atom. The van der Waals surface area contributed by atoms with E-state index in [1.165, 1.54) is 33.6 Å². The van der Waals surface area contributed by atoms with Gasteiger partial charge in [0.15, 0.2) is 5.13 Å². The molecule has 0 radical (unpaired) electrons. The highest BCUT2D eigenvalue weighted by Gasteiger charge is 2.54. The number of nitrogens with zero attached hydrogens (tertiary/aromatic N) is 1. The lowest BCUT2D eigenvalue weighted by atomic mass is 9.52. The summed E-state index contributed by atoms with van der Waals surface area (Å²) in [6, 6.07) is 31.4. The number of hydrogen-bond acceptors (Lipinski definition) is 4. The van der Waals surface area contributed by atoms with Crippen LogP contribution >= 0.6 is 22.9 Å². The van der Waals surface area contributed by atoms with Crippen LogP contribution in [0.3, 0.4) is 0 Å². The number of carbonyl (C=O) groups is 2. The van der Waals surface area contributed by atoms with Crippen LogP contribution in [0.4, 0.5) is 10.8 Å². The van der Waals surface area contributed by atoms with Crippen LogP contribution in [0.15, 0.2) is 102 Å². The molecule has 202 valence electrons. The standard InChI is InChI=1S/C34H26ClN3O2S/c1-34(18-28-24-9-2-4-11-26(24)30(34)27-12-5-3-10-25(27)28)32(40)38-33-37-29(19-41-33)20-7-6-8-21(17-20)31(39)36-23-15-13-22(35)14-16-23/h2-17,19,28,30H,18H2,1H3,(H,36,39)(H,37,38,40). The minimum atomic E-state index is -0.612. The van der Waals surface area contributed by atoms with Gasteiger partial charge in [-0.3, -0.25) is 9.59 Å². The molecule has 0 saturated heterocycles. The maximum Gasteiger partial charge on any atom is 0.255 e. The van der Waals surface area contributed by atoms with Crippen LogP contribution in [0, 0.1) is 5.41 Å². The molecule has 1 aromatic heterocycles. The summed E-state index contributed by atoms with van der Waals surface area (Å²) in [5.74, 6) is -0.0702. The van der Waals surface area contributed by atoms with Gasteiger partial charge < -0.3 is 10.6 Å². The lowest BCUT2D eigenvalue weighted by molar-refractivity contribution is -0.126. The molecule has 4 aromatic carbocycles. The number of amides is 2. The van der Waals surface area contributed by atoms with E-state index in [1.807, 2.05) is 17.5 Å². The fraction of sp³-hybridized carbons (Fsp3) is 0.147. The van der Waals surface area contributed by atoms with E-state index in [9.17, 15) is 9.59 Å². The van der Waals surface area contributed by atoms with Crippen LogP contribution < -0.4 is 10.6 Å². The van der Waals surface area contributed by atoms with Crippen molar-refractivity contribution in [3.8, 4) is 11.3 Å². The van der Waals surface area contributed by atoms with Gasteiger partial charge in [-0.2, -0.15) is 0 Å². The number of aromatic nitrogens is 1. The molecule has 7 heteroatoms. The normalized spacial score (nSPS) is 20.1. The van der Waals surface area contributed by atoms with Crippen LogP contribution in [0.2, 0.25) is 5.02 Å². The molecule has 41 heavy (non-hydrogen) atoms. The molecule has 0 fully saturated rings. The molecule has 5 nitrogen and oxygen atoms in total. The minimum absolute atomic E-state index is 0.0184. The summed E-state index contributed by atoms with van der Waals surface area (Å²) >= 11 is 7.34. The molecule has 0 aliphatic heterocycles. The number of benzene rings is 4. The SMILES string of the molecule is CC1(C(=O)Nc2nc(-c3cccc(C(=O)Nc4ccc(Cl)cc4)c3)cs2)CC2c3ccccc3C1c1ccccc12. The number of fused-ring (bicyclic) bond motifs is 1. The number of anilines is 2. The Bertz CT molecular complexity index is 1770. The summed E-state index contributed by atoms with van der Waals surface area (Å²) in [5.41, 5.74) is 7.23. The van der Waals surface area contributed by atoms with E-state index in [4.69, 9.17) is 16.6 Å². The first kappa shape index (κ1) is 25.7. The van der Waals surface area contributed by atoms with Crippen LogP contribution in [-0.4, -0.2) is 16.8 Å². The average molecular weight is 576 g/mol. The molecule has 3 aliphatic carbocycles. The summed E-state index contributed by atoms with van der Waals surface area (Å²) in [5, 5.41) is 9.10. The molecular weight excluding hydrogens is 550 g/mol. The van der Waals surface area contributed by atoms with Gasteiger partial charge in [0.2, 0.25) is 5.91 Å². The van der Waals surface area contributed by atoms with E-state index < -0.39 is 5.41 Å². The number of halogens is 1. The molecule has 3 aliphatic rings. The van der Waals surface area contributed by atoms with E-state index in [-0.39, 0.29) is 23.7 Å². The van der Waals surface area contributed by atoms with Crippen molar-refractivity contribution < 1.29 is 9.59 Å². The first-order chi connectivity index (χ1) is 19.9. The summed E-state index contributed by atoms with van der Waals surface area (Å²) in [6.45, 7) is 2.09. The van der Waals surface area contributed by atoms with E-state index in [0.717, 1.165) is 12.0 Å². The zero-order chi connectivity index (χ0) is 28.1. The first-order valence-electron chi connectivity index (χ1n) is 13.5. The van der Waals surface area contributed by atoms with Gasteiger partial charge >= 0.3 is 0 Å². The Labute approximate surface area is 247 Å². The number of rotatable bonds is 5. The Morgan fingerprint density at radius 3 is 2.20 bits per heavy atom. The number of thiazole rings is 1. The lowest BCUT2D eigenvalue weighted by Crippen LogP contribution is -2.47. The van der Waals surface area contributed by atoms with Crippen molar-refractivity contribution in [1.29, 1.82) is 0 Å². The van der Waals surface area contributed by atoms with Crippen LogP contribution in [0.1, 0.15) is 57.8 Å². The largest absolute Gasteiger partial charge is 0.322 e. The Morgan fingerprint density at radius 2 is 1.51 bits per heavy atom. The lowest BCUT2D eigenvalue weighted by Gasteiger charge is -2.50. The summed E-state index contributed by atoms with van der Waals surface area (Å²) in [7, 11) is 0. The number of nitrogens with one attached hydrogen (secondary N) is 2. The Hall–Kier alpha value is -4.26. The van der Waals surface area contributed by atoms with Gasteiger partial charge in [-0.15, -0.1) is 11.3 Å². The third-order valence-corrected chi connectivity index (χ3v) is 9.41. The molecule has 1 unspecified atom stereocenters. The van der Waals surface area contributed by atoms with Crippen molar-refractivity contribution in [1.82, 2.24) is 4.98 Å². The van der Waals surface area contributed by atoms with E-state index in [2.05, 4.69) is 66.1 Å². The van der Waals surface area contributed by atoms with Crippen molar-refractivity contribution in [2.45, 2.75) is 25.2 Å². The van der Waals surface area contributed by atoms with Crippen molar-refractivity contribution in [2.24, 2.45) is 5.41 Å². The molecule has 2 bridgehead atoms. The van der Waals surface area contributed by atoms with Crippen LogP contribution in [0.25, 0.3) is 11.3 Å². The maximum absolute atomic E-state index is 14.0. The maximum atomic E-state index is 14.0. The highest BCUT2D eigenvalue weighted by molar-refractivity contribution is 7.14. The monoisotopic (exact) mass is 575 g/mol. The number of hydrogen-bond donors (Lipinski definition) is 2. The van der Waals surface area contributed by atoms with Crippen LogP contribution in [0.5, 0.6) is 0 Å². The second kappa shape index (κ2) is 9.98. The fourth-order valence-electron chi connectivity index (χ4n) is 6.45. The third kappa shape index (κ3) is 4.44. The average Bonchev–Trinajstić information content (AvgIpc) is 3.47. The second-order valence-corrected chi connectivity index (χ2v) is 12.2. The van der Waals surface area contributed by atoms with Crippen molar-refractivity contribution >= 4 is 45.6 Å². The third-order valence-electron chi connectivity index (χ3n) is 8.40. The van der Waals surface area contributed by atoms with Crippen molar-refractivity contribution in [3.63, 3.8) is 0 Å². The predicted molar refractivity (Wildman–Crippen MR) is 165 cm³/mol.